The van der Waals surface area contributed by atoms with Gasteiger partial charge in [0.05, 0.1) is 16.0 Å². The van der Waals surface area contributed by atoms with Crippen LogP contribution in [0.3, 0.4) is 0 Å². The van der Waals surface area contributed by atoms with E-state index in [0.29, 0.717) is 34.9 Å². The third-order valence-corrected chi connectivity index (χ3v) is 6.79. The van der Waals surface area contributed by atoms with E-state index in [-0.39, 0.29) is 22.1 Å². The number of carbonyl (C=O) groups excluding carboxylic acids is 1. The number of sulfonamides is 1. The molecule has 2 heterocycles. The quantitative estimate of drug-likeness (QED) is 0.583. The summed E-state index contributed by atoms with van der Waals surface area (Å²) in [6.07, 6.45) is 1.53. The van der Waals surface area contributed by atoms with Crippen molar-refractivity contribution in [1.82, 2.24) is 15.0 Å². The largest absolute Gasteiger partial charge is 0.362 e. The van der Waals surface area contributed by atoms with E-state index < -0.39 is 10.0 Å². The van der Waals surface area contributed by atoms with Crippen LogP contribution in [0.15, 0.2) is 62.3 Å². The van der Waals surface area contributed by atoms with Crippen LogP contribution in [0.4, 0.5) is 5.69 Å². The van der Waals surface area contributed by atoms with Gasteiger partial charge in [-0.25, -0.2) is 0 Å². The molecule has 178 valence electrons. The van der Waals surface area contributed by atoms with Gasteiger partial charge >= 0.3 is 0 Å². The van der Waals surface area contributed by atoms with Crippen molar-refractivity contribution < 1.29 is 17.7 Å². The highest BCUT2D eigenvalue weighted by Crippen LogP contribution is 2.27. The van der Waals surface area contributed by atoms with Crippen molar-refractivity contribution in [3.05, 3.63) is 59.9 Å². The first-order valence-electron chi connectivity index (χ1n) is 10.9. The van der Waals surface area contributed by atoms with Gasteiger partial charge in [-0.05, 0) is 42.8 Å². The van der Waals surface area contributed by atoms with E-state index in [1.807, 2.05) is 32.7 Å². The molecule has 9 nitrogen and oxygen atoms in total. The van der Waals surface area contributed by atoms with Crippen LogP contribution in [0, 0.1) is 0 Å². The van der Waals surface area contributed by atoms with Crippen LogP contribution >= 0.6 is 0 Å². The minimum absolute atomic E-state index is 0.0688. The van der Waals surface area contributed by atoms with E-state index >= 15 is 0 Å². The van der Waals surface area contributed by atoms with E-state index in [2.05, 4.69) is 19.9 Å². The lowest BCUT2D eigenvalue weighted by atomic mass is 9.96. The number of hydrogen-bond acceptors (Lipinski definition) is 6. The summed E-state index contributed by atoms with van der Waals surface area (Å²) in [4.78, 5) is 19.4. The van der Waals surface area contributed by atoms with Crippen LogP contribution in [-0.2, 0) is 15.4 Å². The van der Waals surface area contributed by atoms with E-state index in [0.717, 1.165) is 13.0 Å². The van der Waals surface area contributed by atoms with E-state index in [1.54, 1.807) is 24.3 Å². The maximum absolute atomic E-state index is 13.0. The van der Waals surface area contributed by atoms with Gasteiger partial charge < -0.3 is 14.7 Å². The maximum Gasteiger partial charge on any atom is 0.283 e. The second-order valence-corrected chi connectivity index (χ2v) is 10.8. The predicted octanol–water partition coefficient (Wildman–Crippen LogP) is 4.10. The number of nitrogens with zero attached hydrogens (tertiary/aromatic N) is 4. The molecule has 0 saturated carbocycles. The van der Waals surface area contributed by atoms with Crippen LogP contribution < -0.4 is 5.32 Å². The number of amidine groups is 1. The molecule has 1 amide bonds. The van der Waals surface area contributed by atoms with Crippen molar-refractivity contribution in [1.29, 1.82) is 0 Å². The molecule has 4 rings (SSSR count). The molecule has 0 unspecified atom stereocenters. The Labute approximate surface area is 199 Å². The molecule has 10 heteroatoms. The number of hydrogen-bond donors (Lipinski definition) is 1. The number of benzene rings is 2. The first-order valence-corrected chi connectivity index (χ1v) is 12.4. The zero-order valence-electron chi connectivity index (χ0n) is 19.6. The van der Waals surface area contributed by atoms with Gasteiger partial charge in [0.2, 0.25) is 0 Å². The summed E-state index contributed by atoms with van der Waals surface area (Å²) in [6, 6.07) is 12.9. The van der Waals surface area contributed by atoms with Gasteiger partial charge in [0.1, 0.15) is 5.84 Å². The van der Waals surface area contributed by atoms with Gasteiger partial charge in [-0.1, -0.05) is 38.1 Å². The molecule has 1 fully saturated rings. The minimum Gasteiger partial charge on any atom is -0.362 e. The number of nitrogens with one attached hydrogen (secondary N) is 1. The molecule has 0 bridgehead atoms. The molecular weight excluding hydrogens is 454 g/mol. The summed E-state index contributed by atoms with van der Waals surface area (Å²) >= 11 is 0. The van der Waals surface area contributed by atoms with Gasteiger partial charge in [-0.3, -0.25) is 4.79 Å². The highest BCUT2D eigenvalue weighted by atomic mass is 32.2. The molecule has 2 aromatic carbocycles. The molecule has 1 aromatic heterocycles. The second-order valence-electron chi connectivity index (χ2n) is 9.20. The molecule has 1 aliphatic rings. The Kier molecular flexibility index (Phi) is 6.26. The molecule has 1 saturated heterocycles. The smallest absolute Gasteiger partial charge is 0.283 e. The van der Waals surface area contributed by atoms with E-state index in [4.69, 9.17) is 4.52 Å². The summed E-state index contributed by atoms with van der Waals surface area (Å²) in [5.74, 6) is 0.981. The predicted molar refractivity (Wildman–Crippen MR) is 129 cm³/mol. The summed E-state index contributed by atoms with van der Waals surface area (Å²) in [5.41, 5.74) is 1.03. The average molecular weight is 482 g/mol. The molecular formula is C24H27N5O4S. The average Bonchev–Trinajstić information content (AvgIpc) is 3.43. The van der Waals surface area contributed by atoms with Crippen molar-refractivity contribution in [2.75, 3.05) is 18.9 Å². The summed E-state index contributed by atoms with van der Waals surface area (Å²) in [7, 11) is -1.99. The monoisotopic (exact) mass is 481 g/mol. The lowest BCUT2D eigenvalue weighted by Crippen LogP contribution is -2.20. The third-order valence-electron chi connectivity index (χ3n) is 5.47. The fraction of sp³-hybridized carbons (Fsp3) is 0.333. The van der Waals surface area contributed by atoms with Crippen molar-refractivity contribution in [3.8, 4) is 11.5 Å². The van der Waals surface area contributed by atoms with Crippen LogP contribution in [-0.4, -0.2) is 48.8 Å². The Morgan fingerprint density at radius 1 is 1.12 bits per heavy atom. The first kappa shape index (κ1) is 23.6. The van der Waals surface area contributed by atoms with Gasteiger partial charge in [0, 0.05) is 31.1 Å². The Bertz CT molecular complexity index is 1340. The SMILES string of the molecule is CN1CCC/C1=N\S(=O)(=O)c1ccc(NC(=O)c2ccccc2-c2nc(C(C)(C)C)no2)cc1. The third kappa shape index (κ3) is 5.01. The molecule has 3 aromatic rings. The number of rotatable bonds is 5. The number of aromatic nitrogens is 2. The molecule has 0 radical (unpaired) electrons. The van der Waals surface area contributed by atoms with Crippen molar-refractivity contribution in [2.24, 2.45) is 4.40 Å². The number of anilines is 1. The molecule has 1 aliphatic heterocycles. The molecule has 1 N–H and O–H groups in total. The summed E-state index contributed by atoms with van der Waals surface area (Å²) < 4.78 is 34.7. The standard InChI is InChI=1S/C24H27N5O4S/c1-24(2,3)23-26-22(33-27-23)19-9-6-5-8-18(19)21(30)25-16-11-13-17(14-12-16)34(31,32)28-20-10-7-15-29(20)4/h5-6,8-9,11-14H,7,10,15H2,1-4H3,(H,25,30)/b28-20+. The van der Waals surface area contributed by atoms with E-state index in [1.165, 1.54) is 24.3 Å². The Balaban J connectivity index is 1.54. The lowest BCUT2D eigenvalue weighted by Gasteiger charge is -2.11. The van der Waals surface area contributed by atoms with Gasteiger partial charge in [0.15, 0.2) is 5.82 Å². The lowest BCUT2D eigenvalue weighted by molar-refractivity contribution is 0.102. The Morgan fingerprint density at radius 2 is 1.82 bits per heavy atom. The molecule has 0 spiro atoms. The fourth-order valence-corrected chi connectivity index (χ4v) is 4.61. The second kappa shape index (κ2) is 9.02. The minimum atomic E-state index is -3.82. The van der Waals surface area contributed by atoms with Crippen LogP contribution in [0.2, 0.25) is 0 Å². The Hall–Kier alpha value is -3.53. The highest BCUT2D eigenvalue weighted by Gasteiger charge is 2.24. The fourth-order valence-electron chi connectivity index (χ4n) is 3.51. The van der Waals surface area contributed by atoms with Gasteiger partial charge in [-0.2, -0.15) is 13.4 Å². The van der Waals surface area contributed by atoms with Gasteiger partial charge in [-0.15, -0.1) is 4.40 Å². The van der Waals surface area contributed by atoms with Crippen molar-refractivity contribution in [3.63, 3.8) is 0 Å². The van der Waals surface area contributed by atoms with Gasteiger partial charge in [0.25, 0.3) is 21.8 Å². The van der Waals surface area contributed by atoms with Crippen molar-refractivity contribution in [2.45, 2.75) is 43.9 Å². The van der Waals surface area contributed by atoms with E-state index in [9.17, 15) is 13.2 Å². The molecule has 0 atom stereocenters. The maximum atomic E-state index is 13.0. The number of likely N-dealkylation sites (tertiary alicyclic amines) is 1. The van der Waals surface area contributed by atoms with Crippen molar-refractivity contribution >= 4 is 27.5 Å². The topological polar surface area (TPSA) is 118 Å². The Morgan fingerprint density at radius 3 is 2.44 bits per heavy atom. The zero-order valence-corrected chi connectivity index (χ0v) is 20.4. The van der Waals surface area contributed by atoms with Crippen LogP contribution in [0.1, 0.15) is 49.8 Å². The number of amides is 1. The zero-order chi connectivity index (χ0) is 24.5. The molecule has 0 aliphatic carbocycles. The summed E-state index contributed by atoms with van der Waals surface area (Å²) in [5, 5.41) is 6.83. The van der Waals surface area contributed by atoms with Crippen LogP contribution in [0.25, 0.3) is 11.5 Å². The number of carbonyl (C=O) groups is 1. The normalized spacial score (nSPS) is 15.6. The highest BCUT2D eigenvalue weighted by molar-refractivity contribution is 7.90. The summed E-state index contributed by atoms with van der Waals surface area (Å²) in [6.45, 7) is 6.72. The molecule has 34 heavy (non-hydrogen) atoms. The first-order chi connectivity index (χ1) is 16.0. The van der Waals surface area contributed by atoms with Crippen LogP contribution in [0.5, 0.6) is 0 Å².